The number of pyridine rings is 1. The number of nitrogens with one attached hydrogen (secondary N) is 2. The van der Waals surface area contributed by atoms with E-state index in [1.807, 2.05) is 42.5 Å². The molecule has 4 rings (SSSR count). The topological polar surface area (TPSA) is 109 Å². The highest BCUT2D eigenvalue weighted by Gasteiger charge is 2.15. The maximum Gasteiger partial charge on any atom is 0.258 e. The van der Waals surface area contributed by atoms with Gasteiger partial charge in [-0.25, -0.2) is 4.98 Å². The molecule has 0 spiro atoms. The first-order valence-electron chi connectivity index (χ1n) is 10.1. The molecular formula is C23H24N4O4. The van der Waals surface area contributed by atoms with Crippen LogP contribution in [-0.4, -0.2) is 51.1 Å². The Labute approximate surface area is 178 Å². The third-order valence-electron chi connectivity index (χ3n) is 5.03. The van der Waals surface area contributed by atoms with Gasteiger partial charge in [-0.2, -0.15) is 0 Å². The maximum absolute atomic E-state index is 11.7. The molecule has 4 aromatic rings. The van der Waals surface area contributed by atoms with Gasteiger partial charge in [0, 0.05) is 42.0 Å². The molecule has 0 aliphatic rings. The fraction of sp³-hybridized carbons (Fsp3) is 0.261. The van der Waals surface area contributed by atoms with Crippen molar-refractivity contribution in [2.45, 2.75) is 19.9 Å². The van der Waals surface area contributed by atoms with E-state index in [0.29, 0.717) is 18.7 Å². The van der Waals surface area contributed by atoms with Crippen molar-refractivity contribution >= 4 is 33.6 Å². The number of carbonyl (C=O) groups is 2. The van der Waals surface area contributed by atoms with E-state index >= 15 is 0 Å². The summed E-state index contributed by atoms with van der Waals surface area (Å²) in [6.07, 6.45) is 2.17. The molecule has 160 valence electrons. The highest BCUT2D eigenvalue weighted by Crippen LogP contribution is 2.32. The number of aryl methyl sites for hydroxylation is 1. The summed E-state index contributed by atoms with van der Waals surface area (Å²) < 4.78 is 7.71. The summed E-state index contributed by atoms with van der Waals surface area (Å²) in [4.78, 5) is 31.1. The van der Waals surface area contributed by atoms with E-state index in [1.54, 1.807) is 13.1 Å². The molecule has 8 nitrogen and oxygen atoms in total. The number of rotatable bonds is 9. The molecule has 0 unspecified atom stereocenters. The number of hydrogen-bond acceptors (Lipinski definition) is 5. The number of aromatic nitrogens is 3. The number of aromatic amines is 1. The van der Waals surface area contributed by atoms with Gasteiger partial charge in [0.25, 0.3) is 5.91 Å². The molecule has 0 aliphatic carbocycles. The van der Waals surface area contributed by atoms with Crippen LogP contribution in [0.2, 0.25) is 0 Å². The third-order valence-corrected chi connectivity index (χ3v) is 5.03. The third kappa shape index (κ3) is 4.59. The Morgan fingerprint density at radius 1 is 1.19 bits per heavy atom. The van der Waals surface area contributed by atoms with Gasteiger partial charge in [0.05, 0.1) is 18.0 Å². The minimum atomic E-state index is -0.292. The van der Waals surface area contributed by atoms with Crippen LogP contribution in [0.1, 0.15) is 13.3 Å². The van der Waals surface area contributed by atoms with E-state index in [1.165, 1.54) is 0 Å². The number of Topliss-reactive ketones (excluding diaryl/α,β-unsaturated/α-hetero) is 1. The van der Waals surface area contributed by atoms with E-state index in [0.717, 1.165) is 33.3 Å². The number of carbonyl (C=O) groups excluding carboxylic acids is 2. The van der Waals surface area contributed by atoms with Gasteiger partial charge in [-0.3, -0.25) is 9.59 Å². The first kappa shape index (κ1) is 20.6. The number of ketones is 1. The van der Waals surface area contributed by atoms with E-state index < -0.39 is 0 Å². The van der Waals surface area contributed by atoms with E-state index in [9.17, 15) is 9.59 Å². The average molecular weight is 420 g/mol. The van der Waals surface area contributed by atoms with Crippen LogP contribution in [0.3, 0.4) is 0 Å². The Morgan fingerprint density at radius 2 is 2.06 bits per heavy atom. The van der Waals surface area contributed by atoms with Crippen LogP contribution >= 0.6 is 0 Å². The smallest absolute Gasteiger partial charge is 0.258 e. The molecule has 0 fully saturated rings. The minimum absolute atomic E-state index is 0.114. The van der Waals surface area contributed by atoms with Crippen LogP contribution in [0.25, 0.3) is 33.3 Å². The van der Waals surface area contributed by atoms with Crippen molar-refractivity contribution in [3.05, 3.63) is 48.7 Å². The molecule has 0 saturated heterocycles. The van der Waals surface area contributed by atoms with Crippen LogP contribution in [0, 0.1) is 0 Å². The molecule has 0 radical (unpaired) electrons. The number of H-pyrrole nitrogens is 1. The van der Waals surface area contributed by atoms with Crippen molar-refractivity contribution in [1.82, 2.24) is 19.9 Å². The van der Waals surface area contributed by atoms with Crippen LogP contribution in [0.15, 0.2) is 48.7 Å². The fourth-order valence-electron chi connectivity index (χ4n) is 3.56. The van der Waals surface area contributed by atoms with Crippen molar-refractivity contribution in [3.63, 3.8) is 0 Å². The number of amides is 1. The van der Waals surface area contributed by atoms with Gasteiger partial charge in [-0.05, 0) is 49.4 Å². The lowest BCUT2D eigenvalue weighted by molar-refractivity contribution is -0.123. The van der Waals surface area contributed by atoms with Crippen molar-refractivity contribution < 1.29 is 19.4 Å². The summed E-state index contributed by atoms with van der Waals surface area (Å²) >= 11 is 0. The van der Waals surface area contributed by atoms with Crippen molar-refractivity contribution in [2.24, 2.45) is 0 Å². The molecule has 31 heavy (non-hydrogen) atoms. The zero-order valence-corrected chi connectivity index (χ0v) is 17.2. The zero-order valence-electron chi connectivity index (χ0n) is 17.2. The lowest BCUT2D eigenvalue weighted by Gasteiger charge is -2.10. The molecular weight excluding hydrogens is 396 g/mol. The minimum Gasteiger partial charge on any atom is -0.484 e. The molecule has 0 bridgehead atoms. The van der Waals surface area contributed by atoms with Crippen LogP contribution < -0.4 is 10.1 Å². The van der Waals surface area contributed by atoms with Gasteiger partial charge >= 0.3 is 0 Å². The number of nitrogens with zero attached hydrogens (tertiary/aromatic N) is 2. The molecule has 3 heterocycles. The first-order valence-corrected chi connectivity index (χ1v) is 10.1. The van der Waals surface area contributed by atoms with Crippen molar-refractivity contribution in [2.75, 3.05) is 19.8 Å². The summed E-state index contributed by atoms with van der Waals surface area (Å²) in [6, 6.07) is 13.6. The number of hydrogen-bond donors (Lipinski definition) is 3. The predicted molar refractivity (Wildman–Crippen MR) is 118 cm³/mol. The quantitative estimate of drug-likeness (QED) is 0.386. The number of ether oxygens (including phenoxy) is 1. The average Bonchev–Trinajstić information content (AvgIpc) is 3.35. The number of fused-ring (bicyclic) bond motifs is 2. The summed E-state index contributed by atoms with van der Waals surface area (Å²) in [5.41, 5.74) is 3.64. The number of aliphatic hydroxyl groups is 1. The Balaban J connectivity index is 1.67. The molecule has 3 aromatic heterocycles. The molecule has 1 aromatic carbocycles. The maximum atomic E-state index is 11.7. The predicted octanol–water partition coefficient (Wildman–Crippen LogP) is 2.65. The summed E-state index contributed by atoms with van der Waals surface area (Å²) in [6.45, 7) is 2.10. The van der Waals surface area contributed by atoms with Gasteiger partial charge in [0.2, 0.25) is 0 Å². The second-order valence-corrected chi connectivity index (χ2v) is 7.34. The summed E-state index contributed by atoms with van der Waals surface area (Å²) in [5, 5.41) is 13.3. The Morgan fingerprint density at radius 3 is 2.84 bits per heavy atom. The molecule has 0 atom stereocenters. The molecule has 8 heteroatoms. The van der Waals surface area contributed by atoms with Gasteiger partial charge in [-0.1, -0.05) is 0 Å². The normalized spacial score (nSPS) is 11.2. The lowest BCUT2D eigenvalue weighted by atomic mass is 10.2. The Hall–Kier alpha value is -3.65. The van der Waals surface area contributed by atoms with Gasteiger partial charge in [-0.15, -0.1) is 0 Å². The van der Waals surface area contributed by atoms with E-state index in [2.05, 4.69) is 19.9 Å². The highest BCUT2D eigenvalue weighted by atomic mass is 16.5. The van der Waals surface area contributed by atoms with Crippen LogP contribution in [-0.2, 0) is 16.1 Å². The highest BCUT2D eigenvalue weighted by molar-refractivity contribution is 5.90. The molecule has 1 amide bonds. The van der Waals surface area contributed by atoms with Gasteiger partial charge in [0.1, 0.15) is 17.2 Å². The summed E-state index contributed by atoms with van der Waals surface area (Å²) in [5.74, 6) is 0.402. The molecule has 0 aliphatic heterocycles. The number of benzene rings is 1. The first-order chi connectivity index (χ1) is 15.0. The number of aliphatic hydroxyl groups excluding tert-OH is 1. The van der Waals surface area contributed by atoms with E-state index in [4.69, 9.17) is 9.84 Å². The van der Waals surface area contributed by atoms with Gasteiger partial charge in [0.15, 0.2) is 6.61 Å². The zero-order chi connectivity index (χ0) is 21.8. The van der Waals surface area contributed by atoms with E-state index in [-0.39, 0.29) is 31.4 Å². The molecule has 3 N–H and O–H groups in total. The van der Waals surface area contributed by atoms with Crippen molar-refractivity contribution in [3.8, 4) is 17.1 Å². The monoisotopic (exact) mass is 420 g/mol. The van der Waals surface area contributed by atoms with Crippen molar-refractivity contribution in [1.29, 1.82) is 0 Å². The Bertz CT molecular complexity index is 1210. The second-order valence-electron chi connectivity index (χ2n) is 7.34. The lowest BCUT2D eigenvalue weighted by Crippen LogP contribution is -2.31. The van der Waals surface area contributed by atoms with Gasteiger partial charge < -0.3 is 24.7 Å². The summed E-state index contributed by atoms with van der Waals surface area (Å²) in [7, 11) is 0. The SMILES string of the molecule is CC(=O)CCn1c(-c2cc3cccnc3[nH]2)cc2cc(OCC(=O)NCCO)ccc21. The Kier molecular flexibility index (Phi) is 5.99. The standard InChI is InChI=1S/C23H24N4O4/c1-15(29)6-9-27-20-5-4-18(31-14-22(30)24-8-10-28)11-17(20)13-21(27)19-12-16-3-2-7-25-23(16)26-19/h2-5,7,11-13,28H,6,8-10,14H2,1H3,(H,24,30)(H,25,26). The largest absolute Gasteiger partial charge is 0.484 e. The molecule has 0 saturated carbocycles. The second kappa shape index (κ2) is 9.01. The fourth-order valence-corrected chi connectivity index (χ4v) is 3.56. The van der Waals surface area contributed by atoms with Crippen LogP contribution in [0.4, 0.5) is 0 Å². The van der Waals surface area contributed by atoms with Crippen LogP contribution in [0.5, 0.6) is 5.75 Å².